The van der Waals surface area contributed by atoms with E-state index in [2.05, 4.69) is 0 Å². The van der Waals surface area contributed by atoms with Crippen LogP contribution in [0, 0.1) is 0 Å². The van der Waals surface area contributed by atoms with Gasteiger partial charge in [0, 0.05) is 29.6 Å². The molecule has 0 saturated carbocycles. The maximum atomic E-state index is 9.85. The molecule has 7 nitrogen and oxygen atoms in total. The molecule has 0 aliphatic heterocycles. The molecule has 0 saturated heterocycles. The van der Waals surface area contributed by atoms with Crippen LogP contribution in [0.2, 0.25) is 0 Å². The number of rotatable bonds is 3. The van der Waals surface area contributed by atoms with E-state index in [0.29, 0.717) is 0 Å². The summed E-state index contributed by atoms with van der Waals surface area (Å²) in [6.45, 7) is 0. The molecule has 0 aromatic heterocycles. The van der Waals surface area contributed by atoms with E-state index in [1.165, 1.54) is 0 Å². The zero-order valence-corrected chi connectivity index (χ0v) is 8.57. The van der Waals surface area contributed by atoms with Crippen LogP contribution in [0.4, 0.5) is 0 Å². The molecule has 0 rings (SSSR count). The van der Waals surface area contributed by atoms with Crippen LogP contribution in [0.5, 0.6) is 0 Å². The molecule has 1 atom stereocenters. The van der Waals surface area contributed by atoms with Crippen molar-refractivity contribution in [3.63, 3.8) is 0 Å². The van der Waals surface area contributed by atoms with Crippen molar-refractivity contribution in [1.29, 1.82) is 0 Å². The van der Waals surface area contributed by atoms with Crippen molar-refractivity contribution in [2.24, 2.45) is 5.73 Å². The van der Waals surface area contributed by atoms with Crippen LogP contribution in [-0.2, 0) is 9.59 Å². The van der Waals surface area contributed by atoms with E-state index in [9.17, 15) is 9.59 Å². The topological polar surface area (TPSA) is 164 Å². The summed E-state index contributed by atoms with van der Waals surface area (Å²) in [5.41, 5.74) is 4.84. The van der Waals surface area contributed by atoms with E-state index >= 15 is 0 Å². The third kappa shape index (κ3) is 12.5. The molecule has 8 heteroatoms. The number of hydrogen-bond acceptors (Lipinski definition) is 3. The number of carbonyl (C=O) groups is 2. The van der Waals surface area contributed by atoms with Crippen molar-refractivity contribution in [2.45, 2.75) is 12.5 Å². The van der Waals surface area contributed by atoms with Gasteiger partial charge in [-0.3, -0.25) is 9.59 Å². The Morgan fingerprint density at radius 3 is 1.67 bits per heavy atom. The second-order valence-corrected chi connectivity index (χ2v) is 1.54. The summed E-state index contributed by atoms with van der Waals surface area (Å²) in [5, 5.41) is 16.0. The Hall–Kier alpha value is -0.180. The summed E-state index contributed by atoms with van der Waals surface area (Å²) >= 11 is 0. The number of hydrogen-bond donors (Lipinski definition) is 3. The molecule has 0 aromatic carbocycles. The van der Waals surface area contributed by atoms with Crippen LogP contribution in [0.1, 0.15) is 6.42 Å². The molecule has 69 valence electrons. The second-order valence-electron chi connectivity index (χ2n) is 1.54. The van der Waals surface area contributed by atoms with Crippen LogP contribution in [0.15, 0.2) is 0 Å². The average Bonchev–Trinajstić information content (AvgIpc) is 1.63. The maximum Gasteiger partial charge on any atom is 0.321 e. The molecule has 1 unspecified atom stereocenters. The summed E-state index contributed by atoms with van der Waals surface area (Å²) in [6, 6.07) is -1.29. The fourth-order valence-electron chi connectivity index (χ4n) is 0.275. The Bertz CT molecular complexity index is 140. The molecule has 12 heavy (non-hydrogen) atoms. The minimum atomic E-state index is -1.29. The van der Waals surface area contributed by atoms with Gasteiger partial charge in [-0.05, 0) is 0 Å². The van der Waals surface area contributed by atoms with E-state index < -0.39 is 24.4 Å². The molecular formula is C4H11NNaO6. The molecule has 8 N–H and O–H groups in total. The largest absolute Gasteiger partial charge is 0.481 e. The van der Waals surface area contributed by atoms with Gasteiger partial charge in [-0.25, -0.2) is 0 Å². The van der Waals surface area contributed by atoms with E-state index in [1.54, 1.807) is 0 Å². The van der Waals surface area contributed by atoms with Crippen LogP contribution in [0.25, 0.3) is 0 Å². The average molecular weight is 192 g/mol. The summed E-state index contributed by atoms with van der Waals surface area (Å²) in [6.07, 6.45) is -0.532. The third-order valence-corrected chi connectivity index (χ3v) is 0.712. The van der Waals surface area contributed by atoms with E-state index in [-0.39, 0.29) is 40.5 Å². The minimum absolute atomic E-state index is 0. The van der Waals surface area contributed by atoms with Crippen molar-refractivity contribution in [3.8, 4) is 0 Å². The smallest absolute Gasteiger partial charge is 0.321 e. The van der Waals surface area contributed by atoms with Crippen molar-refractivity contribution in [3.05, 3.63) is 0 Å². The molecular weight excluding hydrogens is 181 g/mol. The van der Waals surface area contributed by atoms with Crippen molar-refractivity contribution in [1.82, 2.24) is 0 Å². The number of nitrogens with two attached hydrogens (primary N) is 1. The van der Waals surface area contributed by atoms with Gasteiger partial charge in [0.2, 0.25) is 0 Å². The fourth-order valence-corrected chi connectivity index (χ4v) is 0.275. The minimum Gasteiger partial charge on any atom is -0.481 e. The summed E-state index contributed by atoms with van der Waals surface area (Å²) in [4.78, 5) is 19.6. The first-order valence-corrected chi connectivity index (χ1v) is 2.24. The van der Waals surface area contributed by atoms with Gasteiger partial charge in [-0.1, -0.05) is 0 Å². The van der Waals surface area contributed by atoms with Gasteiger partial charge in [0.1, 0.15) is 6.04 Å². The van der Waals surface area contributed by atoms with Crippen molar-refractivity contribution in [2.75, 3.05) is 0 Å². The van der Waals surface area contributed by atoms with Crippen LogP contribution >= 0.6 is 0 Å². The monoisotopic (exact) mass is 192 g/mol. The number of carboxylic acid groups (broad SMARTS) is 2. The zero-order valence-electron chi connectivity index (χ0n) is 6.57. The first-order valence-electron chi connectivity index (χ1n) is 2.24. The first-order chi connectivity index (χ1) is 4.04. The molecule has 0 heterocycles. The van der Waals surface area contributed by atoms with Gasteiger partial charge in [-0.15, -0.1) is 0 Å². The molecule has 0 fully saturated rings. The normalized spacial score (nSPS) is 9.42. The maximum absolute atomic E-state index is 9.85. The molecule has 0 aliphatic carbocycles. The SMILES string of the molecule is NC(CC(=O)O)C(=O)O.O.O.[Na]. The van der Waals surface area contributed by atoms with Gasteiger partial charge in [0.25, 0.3) is 0 Å². The van der Waals surface area contributed by atoms with Gasteiger partial charge >= 0.3 is 11.9 Å². The molecule has 0 spiro atoms. The Labute approximate surface area is 90.5 Å². The first kappa shape index (κ1) is 22.6. The quantitative estimate of drug-likeness (QED) is 0.401. The second kappa shape index (κ2) is 10.8. The molecule has 0 aliphatic rings. The number of aliphatic carboxylic acids is 2. The molecule has 0 bridgehead atoms. The summed E-state index contributed by atoms with van der Waals surface area (Å²) < 4.78 is 0. The van der Waals surface area contributed by atoms with E-state index in [0.717, 1.165) is 0 Å². The predicted molar refractivity (Wildman–Crippen MR) is 40.8 cm³/mol. The van der Waals surface area contributed by atoms with Gasteiger partial charge < -0.3 is 26.9 Å². The standard InChI is InChI=1S/C4H7NO4.Na.2H2O/c5-2(4(8)9)1-3(6)7;;;/h2H,1,5H2,(H,6,7)(H,8,9);;2*1H2. The van der Waals surface area contributed by atoms with Crippen molar-refractivity contribution < 1.29 is 30.8 Å². The van der Waals surface area contributed by atoms with E-state index in [4.69, 9.17) is 15.9 Å². The number of carboxylic acids is 2. The summed E-state index contributed by atoms with van der Waals surface area (Å²) in [7, 11) is 0. The molecule has 1 radical (unpaired) electrons. The Morgan fingerprint density at radius 2 is 1.58 bits per heavy atom. The molecule has 0 aromatic rings. The Morgan fingerprint density at radius 1 is 1.25 bits per heavy atom. The van der Waals surface area contributed by atoms with Gasteiger partial charge in [0.05, 0.1) is 6.42 Å². The van der Waals surface area contributed by atoms with Gasteiger partial charge in [0.15, 0.2) is 0 Å². The Kier molecular flexibility index (Phi) is 20.4. The van der Waals surface area contributed by atoms with Crippen LogP contribution < -0.4 is 5.73 Å². The zero-order chi connectivity index (χ0) is 7.44. The molecule has 0 amide bonds. The third-order valence-electron chi connectivity index (χ3n) is 0.712. The Balaban J connectivity index is -0.000000107. The fraction of sp³-hybridized carbons (Fsp3) is 0.500. The van der Waals surface area contributed by atoms with Gasteiger partial charge in [-0.2, -0.15) is 0 Å². The van der Waals surface area contributed by atoms with Crippen LogP contribution in [0.3, 0.4) is 0 Å². The van der Waals surface area contributed by atoms with E-state index in [1.807, 2.05) is 0 Å². The summed E-state index contributed by atoms with van der Waals surface area (Å²) in [5.74, 6) is -2.50. The predicted octanol–water partition coefficient (Wildman–Crippen LogP) is -3.16. The van der Waals surface area contributed by atoms with Crippen LogP contribution in [-0.4, -0.2) is 68.7 Å². The van der Waals surface area contributed by atoms with Crippen molar-refractivity contribution >= 4 is 41.5 Å².